The predicted octanol–water partition coefficient (Wildman–Crippen LogP) is 1.23. The fourth-order valence-corrected chi connectivity index (χ4v) is 1.57. The molecule has 6 heteroatoms. The number of hydrogen-bond donors (Lipinski definition) is 2. The highest BCUT2D eigenvalue weighted by atomic mass is 16.5. The van der Waals surface area contributed by atoms with Crippen LogP contribution in [0.3, 0.4) is 0 Å². The Morgan fingerprint density at radius 2 is 2.16 bits per heavy atom. The van der Waals surface area contributed by atoms with Gasteiger partial charge in [-0.25, -0.2) is 0 Å². The molecule has 0 saturated heterocycles. The molecule has 0 saturated carbocycles. The first-order valence-corrected chi connectivity index (χ1v) is 6.10. The Morgan fingerprint density at radius 1 is 1.37 bits per heavy atom. The van der Waals surface area contributed by atoms with E-state index in [1.807, 2.05) is 37.3 Å². The van der Waals surface area contributed by atoms with E-state index < -0.39 is 0 Å². The Kier molecular flexibility index (Phi) is 4.63. The zero-order valence-electron chi connectivity index (χ0n) is 10.7. The molecule has 2 N–H and O–H groups in total. The van der Waals surface area contributed by atoms with Crippen molar-refractivity contribution in [3.8, 4) is 0 Å². The van der Waals surface area contributed by atoms with Gasteiger partial charge < -0.3 is 15.2 Å². The van der Waals surface area contributed by atoms with Gasteiger partial charge in [0.25, 0.3) is 0 Å². The lowest BCUT2D eigenvalue weighted by Crippen LogP contribution is -2.39. The molecule has 0 spiro atoms. The van der Waals surface area contributed by atoms with Crippen molar-refractivity contribution in [2.24, 2.45) is 0 Å². The Morgan fingerprint density at radius 3 is 2.84 bits per heavy atom. The smallest absolute Gasteiger partial charge is 0.241 e. The predicted molar refractivity (Wildman–Crippen MR) is 70.5 cm³/mol. The third-order valence-electron chi connectivity index (χ3n) is 2.63. The maximum Gasteiger partial charge on any atom is 0.241 e. The number of benzene rings is 1. The molecule has 2 rings (SSSR count). The number of nitrogens with zero attached hydrogens (tertiary/aromatic N) is 2. The molecule has 2 aromatic rings. The lowest BCUT2D eigenvalue weighted by atomic mass is 10.2. The van der Waals surface area contributed by atoms with E-state index in [0.717, 1.165) is 5.69 Å². The molecule has 19 heavy (non-hydrogen) atoms. The van der Waals surface area contributed by atoms with E-state index in [9.17, 15) is 4.79 Å². The molecule has 0 aliphatic rings. The number of anilines is 1. The van der Waals surface area contributed by atoms with Crippen LogP contribution in [0.25, 0.3) is 0 Å². The van der Waals surface area contributed by atoms with Crippen LogP contribution in [0.1, 0.15) is 12.8 Å². The molecule has 1 atom stereocenters. The summed E-state index contributed by atoms with van der Waals surface area (Å²) in [7, 11) is 0. The monoisotopic (exact) mass is 260 g/mol. The highest BCUT2D eigenvalue weighted by Crippen LogP contribution is 2.05. The average Bonchev–Trinajstić information content (AvgIpc) is 2.93. The second-order valence-corrected chi connectivity index (χ2v) is 4.12. The number of rotatable bonds is 6. The average molecular weight is 260 g/mol. The van der Waals surface area contributed by atoms with Crippen LogP contribution in [-0.4, -0.2) is 28.6 Å². The molecule has 1 unspecified atom stereocenters. The largest absolute Gasteiger partial charge is 0.340 e. The number of para-hydroxylation sites is 1. The van der Waals surface area contributed by atoms with E-state index in [4.69, 9.17) is 4.52 Å². The quantitative estimate of drug-likeness (QED) is 0.816. The Labute approximate surface area is 111 Å². The van der Waals surface area contributed by atoms with Gasteiger partial charge in [-0.15, -0.1) is 0 Å². The lowest BCUT2D eigenvalue weighted by molar-refractivity contribution is -0.117. The molecule has 1 aromatic carbocycles. The summed E-state index contributed by atoms with van der Waals surface area (Å²) in [6, 6.07) is 9.07. The fourth-order valence-electron chi connectivity index (χ4n) is 1.57. The van der Waals surface area contributed by atoms with E-state index in [0.29, 0.717) is 18.9 Å². The van der Waals surface area contributed by atoms with Gasteiger partial charge in [0.05, 0.1) is 6.04 Å². The molecule has 0 aliphatic heterocycles. The first-order valence-electron chi connectivity index (χ1n) is 6.10. The second-order valence-electron chi connectivity index (χ2n) is 4.12. The summed E-state index contributed by atoms with van der Waals surface area (Å²) < 4.78 is 4.87. The van der Waals surface area contributed by atoms with Gasteiger partial charge in [0, 0.05) is 18.7 Å². The molecule has 1 heterocycles. The molecular formula is C13H16N4O2. The first kappa shape index (κ1) is 13.2. The first-order chi connectivity index (χ1) is 9.25. The topological polar surface area (TPSA) is 80.1 Å². The molecule has 1 amide bonds. The molecule has 100 valence electrons. The fraction of sp³-hybridized carbons (Fsp3) is 0.308. The van der Waals surface area contributed by atoms with Crippen LogP contribution in [0, 0.1) is 0 Å². The minimum absolute atomic E-state index is 0.0725. The maximum absolute atomic E-state index is 11.9. The Bertz CT molecular complexity index is 499. The van der Waals surface area contributed by atoms with Crippen molar-refractivity contribution < 1.29 is 9.32 Å². The molecule has 0 radical (unpaired) electrons. The number of aromatic nitrogens is 2. The molecule has 0 aliphatic carbocycles. The van der Waals surface area contributed by atoms with Crippen molar-refractivity contribution >= 4 is 11.6 Å². The van der Waals surface area contributed by atoms with Crippen LogP contribution < -0.4 is 10.6 Å². The van der Waals surface area contributed by atoms with E-state index in [1.54, 1.807) is 0 Å². The molecule has 0 fully saturated rings. The molecule has 0 bridgehead atoms. The Balaban J connectivity index is 1.73. The normalized spacial score (nSPS) is 12.1. The third-order valence-corrected chi connectivity index (χ3v) is 2.63. The molecule has 1 aromatic heterocycles. The van der Waals surface area contributed by atoms with Crippen molar-refractivity contribution in [3.05, 3.63) is 42.5 Å². The zero-order valence-corrected chi connectivity index (χ0v) is 10.7. The number of carbonyl (C=O) groups is 1. The van der Waals surface area contributed by atoms with Crippen LogP contribution in [0.5, 0.6) is 0 Å². The van der Waals surface area contributed by atoms with Crippen molar-refractivity contribution in [1.82, 2.24) is 15.5 Å². The Hall–Kier alpha value is -2.21. The van der Waals surface area contributed by atoms with Crippen LogP contribution in [0.2, 0.25) is 0 Å². The van der Waals surface area contributed by atoms with Gasteiger partial charge in [-0.1, -0.05) is 23.4 Å². The SMILES string of the molecule is CC(NCCc1ncno1)C(=O)Nc1ccccc1. The van der Waals surface area contributed by atoms with E-state index >= 15 is 0 Å². The standard InChI is InChI=1S/C13H16N4O2/c1-10(14-8-7-12-15-9-16-19-12)13(18)17-11-5-3-2-4-6-11/h2-6,9-10,14H,7-8H2,1H3,(H,17,18). The lowest BCUT2D eigenvalue weighted by Gasteiger charge is -2.13. The summed E-state index contributed by atoms with van der Waals surface area (Å²) in [6.07, 6.45) is 1.96. The van der Waals surface area contributed by atoms with Crippen molar-refractivity contribution in [3.63, 3.8) is 0 Å². The number of amides is 1. The highest BCUT2D eigenvalue weighted by Gasteiger charge is 2.12. The van der Waals surface area contributed by atoms with Crippen LogP contribution in [-0.2, 0) is 11.2 Å². The van der Waals surface area contributed by atoms with E-state index in [2.05, 4.69) is 20.8 Å². The van der Waals surface area contributed by atoms with Crippen LogP contribution in [0.4, 0.5) is 5.69 Å². The highest BCUT2D eigenvalue weighted by molar-refractivity contribution is 5.94. The summed E-state index contributed by atoms with van der Waals surface area (Å²) in [5, 5.41) is 9.45. The van der Waals surface area contributed by atoms with Gasteiger partial charge in [0.2, 0.25) is 11.8 Å². The van der Waals surface area contributed by atoms with Gasteiger partial charge in [0.15, 0.2) is 6.33 Å². The summed E-state index contributed by atoms with van der Waals surface area (Å²) in [6.45, 7) is 2.41. The van der Waals surface area contributed by atoms with E-state index in [1.165, 1.54) is 6.33 Å². The summed E-state index contributed by atoms with van der Waals surface area (Å²) in [5.41, 5.74) is 0.790. The van der Waals surface area contributed by atoms with Crippen molar-refractivity contribution in [1.29, 1.82) is 0 Å². The molecule has 6 nitrogen and oxygen atoms in total. The number of carbonyl (C=O) groups excluding carboxylic acids is 1. The van der Waals surface area contributed by atoms with Crippen molar-refractivity contribution in [2.45, 2.75) is 19.4 Å². The summed E-state index contributed by atoms with van der Waals surface area (Å²) >= 11 is 0. The van der Waals surface area contributed by atoms with Gasteiger partial charge >= 0.3 is 0 Å². The van der Waals surface area contributed by atoms with Gasteiger partial charge in [0.1, 0.15) is 0 Å². The second kappa shape index (κ2) is 6.65. The number of nitrogens with one attached hydrogen (secondary N) is 2. The summed E-state index contributed by atoms with van der Waals surface area (Å²) in [4.78, 5) is 15.8. The van der Waals surface area contributed by atoms with Crippen LogP contribution >= 0.6 is 0 Å². The minimum atomic E-state index is -0.289. The zero-order chi connectivity index (χ0) is 13.5. The summed E-state index contributed by atoms with van der Waals surface area (Å²) in [5.74, 6) is 0.486. The van der Waals surface area contributed by atoms with Gasteiger partial charge in [-0.05, 0) is 19.1 Å². The minimum Gasteiger partial charge on any atom is -0.340 e. The number of hydrogen-bond acceptors (Lipinski definition) is 5. The molecular weight excluding hydrogens is 244 g/mol. The van der Waals surface area contributed by atoms with E-state index in [-0.39, 0.29) is 11.9 Å². The third kappa shape index (κ3) is 4.18. The van der Waals surface area contributed by atoms with Gasteiger partial charge in [-0.3, -0.25) is 4.79 Å². The van der Waals surface area contributed by atoms with Crippen LogP contribution in [0.15, 0.2) is 41.2 Å². The maximum atomic E-state index is 11.9. The van der Waals surface area contributed by atoms with Gasteiger partial charge in [-0.2, -0.15) is 4.98 Å². The van der Waals surface area contributed by atoms with Crippen molar-refractivity contribution in [2.75, 3.05) is 11.9 Å².